The van der Waals surface area contributed by atoms with Crippen LogP contribution in [0.15, 0.2) is 17.2 Å². The van der Waals surface area contributed by atoms with E-state index in [0.717, 1.165) is 13.5 Å². The molecule has 1 rings (SSSR count). The molecule has 1 aromatic rings. The summed E-state index contributed by atoms with van der Waals surface area (Å²) >= 11 is 5.75. The SMILES string of the molecule is CCCn1cc(S(=O)(=O)N(C)CC(F)F)cc1CCl. The molecule has 1 heterocycles. The number of sulfonamides is 1. The predicted molar refractivity (Wildman–Crippen MR) is 70.1 cm³/mol. The molecule has 0 radical (unpaired) electrons. The monoisotopic (exact) mass is 314 g/mol. The van der Waals surface area contributed by atoms with E-state index >= 15 is 0 Å². The Kier molecular flexibility index (Phi) is 5.76. The molecule has 0 N–H and O–H groups in total. The van der Waals surface area contributed by atoms with Gasteiger partial charge >= 0.3 is 0 Å². The zero-order valence-electron chi connectivity index (χ0n) is 10.8. The van der Waals surface area contributed by atoms with Gasteiger partial charge in [0.05, 0.1) is 12.4 Å². The van der Waals surface area contributed by atoms with Crippen LogP contribution in [0, 0.1) is 0 Å². The van der Waals surface area contributed by atoms with Crippen LogP contribution >= 0.6 is 11.6 Å². The van der Waals surface area contributed by atoms with Crippen LogP contribution in [0.5, 0.6) is 0 Å². The number of hydrogen-bond donors (Lipinski definition) is 0. The summed E-state index contributed by atoms with van der Waals surface area (Å²) in [5, 5.41) is 0. The molecule has 110 valence electrons. The van der Waals surface area contributed by atoms with E-state index in [9.17, 15) is 17.2 Å². The molecule has 0 saturated heterocycles. The highest BCUT2D eigenvalue weighted by atomic mass is 35.5. The first kappa shape index (κ1) is 16.4. The number of hydrogen-bond acceptors (Lipinski definition) is 2. The third-order valence-electron chi connectivity index (χ3n) is 2.67. The summed E-state index contributed by atoms with van der Waals surface area (Å²) in [7, 11) is -2.75. The first-order valence-electron chi connectivity index (χ1n) is 5.82. The molecule has 0 aliphatic heterocycles. The van der Waals surface area contributed by atoms with Gasteiger partial charge in [-0.15, -0.1) is 11.6 Å². The minimum atomic E-state index is -3.89. The molecule has 0 amide bonds. The summed E-state index contributed by atoms with van der Waals surface area (Å²) in [6, 6.07) is 1.43. The van der Waals surface area contributed by atoms with Crippen molar-refractivity contribution in [3.63, 3.8) is 0 Å². The fourth-order valence-electron chi connectivity index (χ4n) is 1.70. The van der Waals surface area contributed by atoms with E-state index in [2.05, 4.69) is 0 Å². The van der Waals surface area contributed by atoms with Crippen molar-refractivity contribution >= 4 is 21.6 Å². The topological polar surface area (TPSA) is 42.3 Å². The van der Waals surface area contributed by atoms with Gasteiger partial charge in [-0.1, -0.05) is 6.92 Å². The Hall–Kier alpha value is -0.660. The molecule has 4 nitrogen and oxygen atoms in total. The molecule has 0 aromatic carbocycles. The van der Waals surface area contributed by atoms with E-state index in [1.807, 2.05) is 6.92 Å². The van der Waals surface area contributed by atoms with E-state index in [-0.39, 0.29) is 10.8 Å². The largest absolute Gasteiger partial charge is 0.349 e. The number of aromatic nitrogens is 1. The van der Waals surface area contributed by atoms with Crippen LogP contribution < -0.4 is 0 Å². The van der Waals surface area contributed by atoms with Crippen molar-refractivity contribution in [2.45, 2.75) is 37.1 Å². The number of rotatable bonds is 7. The van der Waals surface area contributed by atoms with Crippen molar-refractivity contribution in [1.82, 2.24) is 8.87 Å². The van der Waals surface area contributed by atoms with Crippen LogP contribution in [0.3, 0.4) is 0 Å². The average Bonchev–Trinajstić information content (AvgIpc) is 2.72. The van der Waals surface area contributed by atoms with Gasteiger partial charge < -0.3 is 4.57 Å². The van der Waals surface area contributed by atoms with Crippen LogP contribution in [0.4, 0.5) is 8.78 Å². The molecule has 0 saturated carbocycles. The Morgan fingerprint density at radius 2 is 2.11 bits per heavy atom. The summed E-state index contributed by atoms with van der Waals surface area (Å²) in [5.41, 5.74) is 0.660. The normalized spacial score (nSPS) is 12.6. The molecule has 0 aliphatic carbocycles. The molecular formula is C11H17ClF2N2O2S. The zero-order chi connectivity index (χ0) is 14.6. The van der Waals surface area contributed by atoms with Gasteiger partial charge in [-0.2, -0.15) is 4.31 Å². The molecular weight excluding hydrogens is 298 g/mol. The number of nitrogens with zero attached hydrogens (tertiary/aromatic N) is 2. The van der Waals surface area contributed by atoms with E-state index in [1.165, 1.54) is 12.3 Å². The molecule has 0 atom stereocenters. The number of aryl methyl sites for hydroxylation is 1. The van der Waals surface area contributed by atoms with Crippen molar-refractivity contribution in [2.75, 3.05) is 13.6 Å². The van der Waals surface area contributed by atoms with Crippen LogP contribution in [0.25, 0.3) is 0 Å². The summed E-state index contributed by atoms with van der Waals surface area (Å²) in [6.45, 7) is 1.77. The maximum atomic E-state index is 12.3. The van der Waals surface area contributed by atoms with Crippen molar-refractivity contribution in [3.05, 3.63) is 18.0 Å². The number of alkyl halides is 3. The molecule has 0 bridgehead atoms. The summed E-state index contributed by atoms with van der Waals surface area (Å²) < 4.78 is 51.1. The Balaban J connectivity index is 3.07. The molecule has 0 aliphatic rings. The quantitative estimate of drug-likeness (QED) is 0.726. The van der Waals surface area contributed by atoms with Gasteiger partial charge in [0.2, 0.25) is 10.0 Å². The lowest BCUT2D eigenvalue weighted by molar-refractivity contribution is 0.126. The lowest BCUT2D eigenvalue weighted by atomic mass is 10.4. The first-order valence-corrected chi connectivity index (χ1v) is 7.79. The van der Waals surface area contributed by atoms with E-state index < -0.39 is 23.0 Å². The van der Waals surface area contributed by atoms with Crippen LogP contribution in [-0.2, 0) is 22.4 Å². The van der Waals surface area contributed by atoms with Crippen LogP contribution in [-0.4, -0.2) is 37.3 Å². The highest BCUT2D eigenvalue weighted by Gasteiger charge is 2.25. The predicted octanol–water partition coefficient (Wildman–Crippen LogP) is 2.52. The number of halogens is 3. The first-order chi connectivity index (χ1) is 8.82. The maximum Gasteiger partial charge on any atom is 0.252 e. The fraction of sp³-hybridized carbons (Fsp3) is 0.636. The van der Waals surface area contributed by atoms with E-state index in [0.29, 0.717) is 16.5 Å². The third-order valence-corrected chi connectivity index (χ3v) is 4.73. The third kappa shape index (κ3) is 3.90. The van der Waals surface area contributed by atoms with Crippen LogP contribution in [0.1, 0.15) is 19.0 Å². The Morgan fingerprint density at radius 3 is 2.58 bits per heavy atom. The standard InChI is InChI=1S/C11H17ClF2N2O2S/c1-3-4-16-7-10(5-9(16)6-12)19(17,18)15(2)8-11(13)14/h5,7,11H,3-4,6,8H2,1-2H3. The summed E-state index contributed by atoms with van der Waals surface area (Å²) in [5.74, 6) is 0.175. The minimum absolute atomic E-state index is 0.000231. The molecule has 19 heavy (non-hydrogen) atoms. The second kappa shape index (κ2) is 6.67. The lowest BCUT2D eigenvalue weighted by Crippen LogP contribution is -2.31. The molecule has 0 spiro atoms. The molecule has 1 aromatic heterocycles. The van der Waals surface area contributed by atoms with Crippen molar-refractivity contribution < 1.29 is 17.2 Å². The zero-order valence-corrected chi connectivity index (χ0v) is 12.4. The van der Waals surface area contributed by atoms with Gasteiger partial charge in [0.1, 0.15) is 4.90 Å². The average molecular weight is 315 g/mol. The van der Waals surface area contributed by atoms with Crippen molar-refractivity contribution in [1.29, 1.82) is 0 Å². The van der Waals surface area contributed by atoms with Crippen molar-refractivity contribution in [2.24, 2.45) is 0 Å². The summed E-state index contributed by atoms with van der Waals surface area (Å²) in [4.78, 5) is -0.000231. The highest BCUT2D eigenvalue weighted by molar-refractivity contribution is 7.89. The Bertz CT molecular complexity index is 517. The molecule has 0 fully saturated rings. The fourth-order valence-corrected chi connectivity index (χ4v) is 3.14. The highest BCUT2D eigenvalue weighted by Crippen LogP contribution is 2.20. The lowest BCUT2D eigenvalue weighted by Gasteiger charge is -2.15. The molecule has 0 unspecified atom stereocenters. The van der Waals surface area contributed by atoms with Gasteiger partial charge in [0.25, 0.3) is 6.43 Å². The molecule has 8 heteroatoms. The van der Waals surface area contributed by atoms with Gasteiger partial charge in [-0.3, -0.25) is 0 Å². The maximum absolute atomic E-state index is 12.3. The van der Waals surface area contributed by atoms with Gasteiger partial charge in [-0.25, -0.2) is 17.2 Å². The Morgan fingerprint density at radius 1 is 1.47 bits per heavy atom. The van der Waals surface area contributed by atoms with Gasteiger partial charge in [-0.05, 0) is 12.5 Å². The van der Waals surface area contributed by atoms with Crippen molar-refractivity contribution in [3.8, 4) is 0 Å². The summed E-state index contributed by atoms with van der Waals surface area (Å²) in [6.07, 6.45) is -0.436. The minimum Gasteiger partial charge on any atom is -0.349 e. The van der Waals surface area contributed by atoms with E-state index in [1.54, 1.807) is 4.57 Å². The van der Waals surface area contributed by atoms with Crippen LogP contribution in [0.2, 0.25) is 0 Å². The van der Waals surface area contributed by atoms with Gasteiger partial charge in [0, 0.05) is 25.5 Å². The van der Waals surface area contributed by atoms with Gasteiger partial charge in [0.15, 0.2) is 0 Å². The second-order valence-electron chi connectivity index (χ2n) is 4.17. The second-order valence-corrected chi connectivity index (χ2v) is 6.48. The van der Waals surface area contributed by atoms with E-state index in [4.69, 9.17) is 11.6 Å². The Labute approximate surface area is 117 Å². The smallest absolute Gasteiger partial charge is 0.252 e.